The Hall–Kier alpha value is -1.59. The van der Waals surface area contributed by atoms with E-state index in [2.05, 4.69) is 5.32 Å². The van der Waals surface area contributed by atoms with Crippen molar-refractivity contribution in [2.24, 2.45) is 5.92 Å². The molecule has 6 heteroatoms. The molecule has 2 atom stereocenters. The quantitative estimate of drug-likeness (QED) is 0.860. The Balaban J connectivity index is 1.24. The van der Waals surface area contributed by atoms with Crippen molar-refractivity contribution in [2.75, 3.05) is 26.2 Å². The molecule has 0 aliphatic carbocycles. The van der Waals surface area contributed by atoms with Crippen LogP contribution >= 0.6 is 11.6 Å². The highest BCUT2D eigenvalue weighted by Crippen LogP contribution is 2.33. The summed E-state index contributed by atoms with van der Waals surface area (Å²) < 4.78 is 0. The van der Waals surface area contributed by atoms with Gasteiger partial charge in [-0.1, -0.05) is 29.8 Å². The normalized spacial score (nSPS) is 27.7. The standard InChI is InChI=1S/C21H28ClN3O2/c22-19-4-2-1-3-16(19)14-21(27)25-9-7-24(8-10-25)20(26)13-15-11-17-5-6-18(12-15)23-17/h1-4,15,17-18,23H,5-14H2. The molecule has 0 aromatic heterocycles. The molecule has 3 aliphatic heterocycles. The monoisotopic (exact) mass is 389 g/mol. The second-order valence-electron chi connectivity index (χ2n) is 8.21. The van der Waals surface area contributed by atoms with Crippen LogP contribution in [0.5, 0.6) is 0 Å². The molecule has 1 aromatic carbocycles. The lowest BCUT2D eigenvalue weighted by atomic mass is 9.89. The second-order valence-corrected chi connectivity index (χ2v) is 8.62. The molecule has 2 amide bonds. The fraction of sp³-hybridized carbons (Fsp3) is 0.619. The predicted octanol–water partition coefficient (Wildman–Crippen LogP) is 2.47. The summed E-state index contributed by atoms with van der Waals surface area (Å²) >= 11 is 6.16. The van der Waals surface area contributed by atoms with Gasteiger partial charge >= 0.3 is 0 Å². The van der Waals surface area contributed by atoms with Crippen LogP contribution < -0.4 is 5.32 Å². The number of halogens is 1. The topological polar surface area (TPSA) is 52.7 Å². The molecule has 3 aliphatic rings. The Morgan fingerprint density at radius 3 is 2.19 bits per heavy atom. The summed E-state index contributed by atoms with van der Waals surface area (Å²) in [6.45, 7) is 2.52. The van der Waals surface area contributed by atoms with Crippen LogP contribution in [-0.4, -0.2) is 59.9 Å². The molecule has 3 fully saturated rings. The van der Waals surface area contributed by atoms with Gasteiger partial charge in [-0.3, -0.25) is 9.59 Å². The van der Waals surface area contributed by atoms with Crippen molar-refractivity contribution in [1.82, 2.24) is 15.1 Å². The number of fused-ring (bicyclic) bond motifs is 2. The number of carbonyl (C=O) groups is 2. The molecule has 3 saturated heterocycles. The summed E-state index contributed by atoms with van der Waals surface area (Å²) in [4.78, 5) is 29.1. The molecule has 2 bridgehead atoms. The molecule has 4 rings (SSSR count). The van der Waals surface area contributed by atoms with Crippen LogP contribution in [0.25, 0.3) is 0 Å². The first-order chi connectivity index (χ1) is 13.1. The molecule has 1 N–H and O–H groups in total. The van der Waals surface area contributed by atoms with Gasteiger partial charge in [0.1, 0.15) is 0 Å². The van der Waals surface area contributed by atoms with Crippen molar-refractivity contribution in [3.8, 4) is 0 Å². The van der Waals surface area contributed by atoms with Crippen LogP contribution in [0.3, 0.4) is 0 Å². The molecule has 3 heterocycles. The molecule has 5 nitrogen and oxygen atoms in total. The molecular formula is C21H28ClN3O2. The highest BCUT2D eigenvalue weighted by molar-refractivity contribution is 6.31. The summed E-state index contributed by atoms with van der Waals surface area (Å²) in [5, 5.41) is 4.27. The zero-order valence-electron chi connectivity index (χ0n) is 15.7. The van der Waals surface area contributed by atoms with Gasteiger partial charge in [-0.25, -0.2) is 0 Å². The predicted molar refractivity (Wildman–Crippen MR) is 106 cm³/mol. The van der Waals surface area contributed by atoms with E-state index < -0.39 is 0 Å². The Kier molecular flexibility index (Phi) is 5.69. The third-order valence-electron chi connectivity index (χ3n) is 6.32. The Labute approximate surface area is 166 Å². The van der Waals surface area contributed by atoms with Crippen LogP contribution in [0.2, 0.25) is 5.02 Å². The first-order valence-corrected chi connectivity index (χ1v) is 10.5. The number of hydrogen-bond donors (Lipinski definition) is 1. The Morgan fingerprint density at radius 1 is 0.963 bits per heavy atom. The molecular weight excluding hydrogens is 362 g/mol. The number of carbonyl (C=O) groups excluding carboxylic acids is 2. The highest BCUT2D eigenvalue weighted by atomic mass is 35.5. The maximum absolute atomic E-state index is 12.7. The number of benzene rings is 1. The summed E-state index contributed by atoms with van der Waals surface area (Å²) in [6.07, 6.45) is 5.80. The van der Waals surface area contributed by atoms with E-state index in [1.54, 1.807) is 0 Å². The number of rotatable bonds is 4. The van der Waals surface area contributed by atoms with Crippen molar-refractivity contribution in [3.63, 3.8) is 0 Å². The number of hydrogen-bond acceptors (Lipinski definition) is 3. The first-order valence-electron chi connectivity index (χ1n) is 10.1. The largest absolute Gasteiger partial charge is 0.339 e. The summed E-state index contributed by atoms with van der Waals surface area (Å²) in [5.41, 5.74) is 0.864. The maximum Gasteiger partial charge on any atom is 0.227 e. The van der Waals surface area contributed by atoms with Crippen LogP contribution in [-0.2, 0) is 16.0 Å². The number of nitrogens with zero attached hydrogens (tertiary/aromatic N) is 2. The van der Waals surface area contributed by atoms with Crippen molar-refractivity contribution in [1.29, 1.82) is 0 Å². The lowest BCUT2D eigenvalue weighted by molar-refractivity contribution is -0.140. The molecule has 0 radical (unpaired) electrons. The SMILES string of the molecule is O=C(Cc1ccccc1Cl)N1CCN(C(=O)CC2CC3CCC(C2)N3)CC1. The van der Waals surface area contributed by atoms with Crippen LogP contribution in [0.4, 0.5) is 0 Å². The van der Waals surface area contributed by atoms with Gasteiger partial charge in [0.2, 0.25) is 11.8 Å². The number of piperidine rings is 1. The van der Waals surface area contributed by atoms with Gasteiger partial charge < -0.3 is 15.1 Å². The average Bonchev–Trinajstić information content (AvgIpc) is 3.02. The van der Waals surface area contributed by atoms with E-state index in [1.165, 1.54) is 12.8 Å². The van der Waals surface area contributed by atoms with Gasteiger partial charge in [0.25, 0.3) is 0 Å². The molecule has 27 heavy (non-hydrogen) atoms. The van der Waals surface area contributed by atoms with Crippen molar-refractivity contribution in [2.45, 2.75) is 50.6 Å². The van der Waals surface area contributed by atoms with Crippen molar-refractivity contribution < 1.29 is 9.59 Å². The van der Waals surface area contributed by atoms with Crippen LogP contribution in [0.15, 0.2) is 24.3 Å². The number of amides is 2. The lowest BCUT2D eigenvalue weighted by Crippen LogP contribution is -2.51. The highest BCUT2D eigenvalue weighted by Gasteiger charge is 2.35. The van der Waals surface area contributed by atoms with Crippen molar-refractivity contribution in [3.05, 3.63) is 34.9 Å². The van der Waals surface area contributed by atoms with Crippen molar-refractivity contribution >= 4 is 23.4 Å². The summed E-state index contributed by atoms with van der Waals surface area (Å²) in [5.74, 6) is 0.876. The fourth-order valence-corrected chi connectivity index (χ4v) is 5.04. The maximum atomic E-state index is 12.7. The van der Waals surface area contributed by atoms with E-state index >= 15 is 0 Å². The summed E-state index contributed by atoms with van der Waals surface area (Å²) in [7, 11) is 0. The number of nitrogens with one attached hydrogen (secondary N) is 1. The summed E-state index contributed by atoms with van der Waals surface area (Å²) in [6, 6.07) is 8.73. The second kappa shape index (κ2) is 8.19. The minimum absolute atomic E-state index is 0.0881. The van der Waals surface area contributed by atoms with Gasteiger partial charge in [0.15, 0.2) is 0 Å². The lowest BCUT2D eigenvalue weighted by Gasteiger charge is -2.36. The van der Waals surface area contributed by atoms with E-state index in [4.69, 9.17) is 11.6 Å². The van der Waals surface area contributed by atoms with E-state index in [0.29, 0.717) is 62.0 Å². The van der Waals surface area contributed by atoms with Gasteiger partial charge in [-0.05, 0) is 43.2 Å². The van der Waals surface area contributed by atoms with Crippen LogP contribution in [0, 0.1) is 5.92 Å². The number of piperazine rings is 1. The molecule has 146 valence electrons. The Bertz CT molecular complexity index is 690. The van der Waals surface area contributed by atoms with Crippen LogP contribution in [0.1, 0.15) is 37.7 Å². The molecule has 0 spiro atoms. The van der Waals surface area contributed by atoms with Gasteiger partial charge in [0.05, 0.1) is 6.42 Å². The molecule has 1 aromatic rings. The Morgan fingerprint density at radius 2 is 1.56 bits per heavy atom. The first kappa shape index (κ1) is 18.8. The van der Waals surface area contributed by atoms with E-state index in [9.17, 15) is 9.59 Å². The zero-order chi connectivity index (χ0) is 18.8. The molecule has 0 saturated carbocycles. The van der Waals surface area contributed by atoms with Gasteiger partial charge in [0, 0.05) is 49.7 Å². The van der Waals surface area contributed by atoms with E-state index in [-0.39, 0.29) is 11.8 Å². The third kappa shape index (κ3) is 4.46. The molecule has 2 unspecified atom stereocenters. The fourth-order valence-electron chi connectivity index (χ4n) is 4.84. The average molecular weight is 390 g/mol. The minimum Gasteiger partial charge on any atom is -0.339 e. The minimum atomic E-state index is 0.0881. The smallest absolute Gasteiger partial charge is 0.227 e. The van der Waals surface area contributed by atoms with Gasteiger partial charge in [-0.15, -0.1) is 0 Å². The van der Waals surface area contributed by atoms with E-state index in [0.717, 1.165) is 18.4 Å². The third-order valence-corrected chi connectivity index (χ3v) is 6.69. The van der Waals surface area contributed by atoms with E-state index in [1.807, 2.05) is 34.1 Å². The zero-order valence-corrected chi connectivity index (χ0v) is 16.5. The van der Waals surface area contributed by atoms with Gasteiger partial charge in [-0.2, -0.15) is 0 Å².